The van der Waals surface area contributed by atoms with Gasteiger partial charge < -0.3 is 10.3 Å². The first kappa shape index (κ1) is 15.8. The Morgan fingerprint density at radius 3 is 2.67 bits per heavy atom. The molecule has 0 saturated heterocycles. The molecule has 2 aromatic rings. The molecule has 0 amide bonds. The lowest BCUT2D eigenvalue weighted by Gasteiger charge is -2.14. The molecule has 1 aromatic heterocycles. The molecule has 2 rings (SSSR count). The third-order valence-electron chi connectivity index (χ3n) is 3.57. The van der Waals surface area contributed by atoms with E-state index in [2.05, 4.69) is 11.9 Å². The second kappa shape index (κ2) is 6.47. The number of benzene rings is 1. The minimum absolute atomic E-state index is 0.0362. The average Bonchev–Trinajstić information content (AvgIpc) is 2.74. The first-order valence-electron chi connectivity index (χ1n) is 7.07. The molecule has 0 aliphatic carbocycles. The van der Waals surface area contributed by atoms with Gasteiger partial charge in [0.1, 0.15) is 5.82 Å². The van der Waals surface area contributed by atoms with Crippen molar-refractivity contribution in [2.45, 2.75) is 39.7 Å². The van der Waals surface area contributed by atoms with Crippen LogP contribution in [0.1, 0.15) is 32.5 Å². The number of rotatable bonds is 6. The standard InChI is InChI=1S/C15H19F2N3S/c1-3-4-5-14-19-12-6-10(16)11(17)7-13(12)20(14)8-9(2)15(18)21/h6-7,9H,3-5,8H2,1-2H3,(H2,18,21). The van der Waals surface area contributed by atoms with Crippen molar-refractivity contribution in [3.63, 3.8) is 0 Å². The zero-order chi connectivity index (χ0) is 15.6. The number of unbranched alkanes of at least 4 members (excludes halogenated alkanes) is 1. The van der Waals surface area contributed by atoms with Crippen LogP contribution < -0.4 is 5.73 Å². The Balaban J connectivity index is 2.50. The van der Waals surface area contributed by atoms with Gasteiger partial charge in [-0.05, 0) is 6.42 Å². The van der Waals surface area contributed by atoms with Crippen molar-refractivity contribution >= 4 is 28.2 Å². The van der Waals surface area contributed by atoms with Gasteiger partial charge in [-0.3, -0.25) is 0 Å². The lowest BCUT2D eigenvalue weighted by atomic mass is 10.1. The molecule has 0 aliphatic rings. The Hall–Kier alpha value is -1.56. The lowest BCUT2D eigenvalue weighted by Crippen LogP contribution is -2.23. The molecule has 0 aliphatic heterocycles. The summed E-state index contributed by atoms with van der Waals surface area (Å²) in [5.74, 6) is -0.962. The number of nitrogens with zero attached hydrogens (tertiary/aromatic N) is 2. The van der Waals surface area contributed by atoms with Crippen LogP contribution in [0.5, 0.6) is 0 Å². The number of hydrogen-bond acceptors (Lipinski definition) is 2. The lowest BCUT2D eigenvalue weighted by molar-refractivity contribution is 0.509. The van der Waals surface area contributed by atoms with Crippen LogP contribution in [0.25, 0.3) is 11.0 Å². The monoisotopic (exact) mass is 311 g/mol. The van der Waals surface area contributed by atoms with Gasteiger partial charge in [0.2, 0.25) is 0 Å². The van der Waals surface area contributed by atoms with E-state index in [4.69, 9.17) is 18.0 Å². The predicted molar refractivity (Wildman–Crippen MR) is 84.2 cm³/mol. The molecule has 1 atom stereocenters. The van der Waals surface area contributed by atoms with Crippen LogP contribution in [0.3, 0.4) is 0 Å². The number of nitrogens with two attached hydrogens (primary N) is 1. The van der Waals surface area contributed by atoms with Crippen molar-refractivity contribution in [1.29, 1.82) is 0 Å². The zero-order valence-electron chi connectivity index (χ0n) is 12.2. The van der Waals surface area contributed by atoms with Crippen LogP contribution in [0, 0.1) is 17.6 Å². The van der Waals surface area contributed by atoms with Crippen LogP contribution in [0.4, 0.5) is 8.78 Å². The summed E-state index contributed by atoms with van der Waals surface area (Å²) in [4.78, 5) is 4.84. The Labute approximate surface area is 128 Å². The van der Waals surface area contributed by atoms with E-state index < -0.39 is 11.6 Å². The molecule has 21 heavy (non-hydrogen) atoms. The van der Waals surface area contributed by atoms with E-state index in [1.807, 2.05) is 11.5 Å². The van der Waals surface area contributed by atoms with Crippen molar-refractivity contribution < 1.29 is 8.78 Å². The van der Waals surface area contributed by atoms with Crippen LogP contribution in [0.2, 0.25) is 0 Å². The maximum Gasteiger partial charge on any atom is 0.161 e. The van der Waals surface area contributed by atoms with Gasteiger partial charge in [-0.2, -0.15) is 0 Å². The molecule has 0 saturated carbocycles. The van der Waals surface area contributed by atoms with Crippen molar-refractivity contribution in [2.75, 3.05) is 0 Å². The van der Waals surface area contributed by atoms with Crippen molar-refractivity contribution in [1.82, 2.24) is 9.55 Å². The maximum absolute atomic E-state index is 13.5. The third-order valence-corrected chi connectivity index (χ3v) is 3.97. The van der Waals surface area contributed by atoms with Gasteiger partial charge >= 0.3 is 0 Å². The molecule has 0 spiro atoms. The van der Waals surface area contributed by atoms with E-state index >= 15 is 0 Å². The van der Waals surface area contributed by atoms with E-state index in [1.165, 1.54) is 6.07 Å². The fourth-order valence-electron chi connectivity index (χ4n) is 2.26. The normalized spacial score (nSPS) is 12.8. The van der Waals surface area contributed by atoms with Gasteiger partial charge in [-0.1, -0.05) is 32.5 Å². The number of aromatic nitrogens is 2. The summed E-state index contributed by atoms with van der Waals surface area (Å²) in [6, 6.07) is 2.33. The highest BCUT2D eigenvalue weighted by atomic mass is 32.1. The molecule has 1 aromatic carbocycles. The smallest absolute Gasteiger partial charge is 0.161 e. The molecule has 114 valence electrons. The van der Waals surface area contributed by atoms with Crippen LogP contribution in [0.15, 0.2) is 12.1 Å². The predicted octanol–water partition coefficient (Wildman–Crippen LogP) is 3.58. The molecule has 0 fully saturated rings. The summed E-state index contributed by atoms with van der Waals surface area (Å²) >= 11 is 5.00. The summed E-state index contributed by atoms with van der Waals surface area (Å²) < 4.78 is 28.8. The van der Waals surface area contributed by atoms with Gasteiger partial charge in [-0.15, -0.1) is 0 Å². The zero-order valence-corrected chi connectivity index (χ0v) is 13.0. The average molecular weight is 311 g/mol. The third kappa shape index (κ3) is 3.37. The van der Waals surface area contributed by atoms with Crippen molar-refractivity contribution in [3.05, 3.63) is 29.6 Å². The molecule has 1 heterocycles. The second-order valence-electron chi connectivity index (χ2n) is 5.30. The highest BCUT2D eigenvalue weighted by Gasteiger charge is 2.16. The Kier molecular flexibility index (Phi) is 4.88. The topological polar surface area (TPSA) is 43.8 Å². The molecule has 0 radical (unpaired) electrons. The first-order valence-corrected chi connectivity index (χ1v) is 7.48. The molecule has 3 nitrogen and oxygen atoms in total. The van der Waals surface area contributed by atoms with E-state index in [9.17, 15) is 8.78 Å². The molecular weight excluding hydrogens is 292 g/mol. The van der Waals surface area contributed by atoms with Gasteiger partial charge in [0.05, 0.1) is 16.0 Å². The van der Waals surface area contributed by atoms with Crippen molar-refractivity contribution in [2.24, 2.45) is 11.7 Å². The summed E-state index contributed by atoms with van der Waals surface area (Å²) in [5.41, 5.74) is 6.72. The fraction of sp³-hybridized carbons (Fsp3) is 0.467. The minimum atomic E-state index is -0.878. The number of aryl methyl sites for hydroxylation is 1. The highest BCUT2D eigenvalue weighted by Crippen LogP contribution is 2.22. The van der Waals surface area contributed by atoms with E-state index in [0.717, 1.165) is 31.2 Å². The van der Waals surface area contributed by atoms with Gasteiger partial charge in [0.25, 0.3) is 0 Å². The molecule has 1 unspecified atom stereocenters. The van der Waals surface area contributed by atoms with E-state index in [-0.39, 0.29) is 5.92 Å². The molecular formula is C15H19F2N3S. The Morgan fingerprint density at radius 2 is 2.05 bits per heavy atom. The largest absolute Gasteiger partial charge is 0.393 e. The van der Waals surface area contributed by atoms with Gasteiger partial charge in [-0.25, -0.2) is 13.8 Å². The maximum atomic E-state index is 13.5. The minimum Gasteiger partial charge on any atom is -0.393 e. The number of thiocarbonyl (C=S) groups is 1. The number of halogens is 2. The van der Waals surface area contributed by atoms with E-state index in [1.54, 1.807) is 0 Å². The van der Waals surface area contributed by atoms with E-state index in [0.29, 0.717) is 22.6 Å². The van der Waals surface area contributed by atoms with Crippen molar-refractivity contribution in [3.8, 4) is 0 Å². The van der Waals surface area contributed by atoms with Gasteiger partial charge in [0, 0.05) is 31.0 Å². The quantitative estimate of drug-likeness (QED) is 0.829. The summed E-state index contributed by atoms with van der Waals surface area (Å²) in [7, 11) is 0. The summed E-state index contributed by atoms with van der Waals surface area (Å²) in [6.07, 6.45) is 2.75. The highest BCUT2D eigenvalue weighted by molar-refractivity contribution is 7.80. The SMILES string of the molecule is CCCCc1nc2cc(F)c(F)cc2n1CC(C)C(N)=S. The van der Waals surface area contributed by atoms with Gasteiger partial charge in [0.15, 0.2) is 11.6 Å². The molecule has 2 N–H and O–H groups in total. The van der Waals surface area contributed by atoms with Crippen LogP contribution in [-0.4, -0.2) is 14.5 Å². The van der Waals surface area contributed by atoms with Crippen LogP contribution in [-0.2, 0) is 13.0 Å². The number of fused-ring (bicyclic) bond motifs is 1. The Bertz CT molecular complexity index is 666. The number of imidazole rings is 1. The first-order chi connectivity index (χ1) is 9.93. The molecule has 6 heteroatoms. The Morgan fingerprint density at radius 1 is 1.38 bits per heavy atom. The molecule has 0 bridgehead atoms. The summed E-state index contributed by atoms with van der Waals surface area (Å²) in [5, 5.41) is 0. The summed E-state index contributed by atoms with van der Waals surface area (Å²) in [6.45, 7) is 4.53. The van der Waals surface area contributed by atoms with Crippen LogP contribution >= 0.6 is 12.2 Å². The fourth-order valence-corrected chi connectivity index (χ4v) is 2.34. The second-order valence-corrected chi connectivity index (χ2v) is 5.77. The number of hydrogen-bond donors (Lipinski definition) is 1.